The maximum absolute atomic E-state index is 5.41. The van der Waals surface area contributed by atoms with Crippen molar-refractivity contribution in [3.8, 4) is 11.6 Å². The second kappa shape index (κ2) is 5.03. The average Bonchev–Trinajstić information content (AvgIpc) is 2.70. The van der Waals surface area contributed by atoms with Crippen molar-refractivity contribution in [2.45, 2.75) is 20.8 Å². The normalized spacial score (nSPS) is 10.4. The minimum atomic E-state index is 0.625. The van der Waals surface area contributed by atoms with Gasteiger partial charge in [-0.1, -0.05) is 0 Å². The van der Waals surface area contributed by atoms with Crippen molar-refractivity contribution in [3.05, 3.63) is 24.0 Å². The SMILES string of the molecule is CCNc1ncnc(-n2cnc(C)c2C)c1OC. The fourth-order valence-electron chi connectivity index (χ4n) is 1.73. The van der Waals surface area contributed by atoms with Gasteiger partial charge in [0.2, 0.25) is 5.75 Å². The summed E-state index contributed by atoms with van der Waals surface area (Å²) >= 11 is 0. The summed E-state index contributed by atoms with van der Waals surface area (Å²) in [6.45, 7) is 6.74. The number of aryl methyl sites for hydroxylation is 1. The number of imidazole rings is 1. The van der Waals surface area contributed by atoms with Crippen LogP contribution in [-0.2, 0) is 0 Å². The third-order valence-electron chi connectivity index (χ3n) is 2.81. The highest BCUT2D eigenvalue weighted by Gasteiger charge is 2.15. The molecule has 6 nitrogen and oxygen atoms in total. The van der Waals surface area contributed by atoms with Gasteiger partial charge in [0.05, 0.1) is 12.8 Å². The molecule has 0 unspecified atom stereocenters. The van der Waals surface area contributed by atoms with E-state index in [1.807, 2.05) is 25.3 Å². The summed E-state index contributed by atoms with van der Waals surface area (Å²) < 4.78 is 7.31. The van der Waals surface area contributed by atoms with Gasteiger partial charge in [-0.05, 0) is 20.8 Å². The van der Waals surface area contributed by atoms with Crippen LogP contribution in [0.5, 0.6) is 5.75 Å². The Morgan fingerprint density at radius 1 is 1.28 bits per heavy atom. The van der Waals surface area contributed by atoms with Gasteiger partial charge in [-0.15, -0.1) is 0 Å². The van der Waals surface area contributed by atoms with Crippen molar-refractivity contribution >= 4 is 5.82 Å². The van der Waals surface area contributed by atoms with Crippen molar-refractivity contribution in [2.24, 2.45) is 0 Å². The zero-order chi connectivity index (χ0) is 13.1. The van der Waals surface area contributed by atoms with E-state index in [4.69, 9.17) is 4.74 Å². The third kappa shape index (κ3) is 2.01. The molecule has 0 atom stereocenters. The zero-order valence-electron chi connectivity index (χ0n) is 11.1. The zero-order valence-corrected chi connectivity index (χ0v) is 11.1. The molecule has 6 heteroatoms. The Morgan fingerprint density at radius 2 is 2.06 bits per heavy atom. The van der Waals surface area contributed by atoms with E-state index in [0.717, 1.165) is 17.9 Å². The quantitative estimate of drug-likeness (QED) is 0.891. The van der Waals surface area contributed by atoms with Crippen LogP contribution in [-0.4, -0.2) is 33.2 Å². The number of nitrogens with zero attached hydrogens (tertiary/aromatic N) is 4. The van der Waals surface area contributed by atoms with Crippen LogP contribution in [0, 0.1) is 13.8 Å². The summed E-state index contributed by atoms with van der Waals surface area (Å²) in [6, 6.07) is 0. The third-order valence-corrected chi connectivity index (χ3v) is 2.81. The van der Waals surface area contributed by atoms with Crippen LogP contribution in [0.25, 0.3) is 5.82 Å². The van der Waals surface area contributed by atoms with Gasteiger partial charge in [0, 0.05) is 12.2 Å². The van der Waals surface area contributed by atoms with Crippen LogP contribution in [0.15, 0.2) is 12.7 Å². The summed E-state index contributed by atoms with van der Waals surface area (Å²) in [5, 5.41) is 3.15. The lowest BCUT2D eigenvalue weighted by Gasteiger charge is -2.13. The molecule has 0 saturated heterocycles. The maximum atomic E-state index is 5.41. The predicted molar refractivity (Wildman–Crippen MR) is 69.3 cm³/mol. The highest BCUT2D eigenvalue weighted by molar-refractivity contribution is 5.58. The molecule has 0 aliphatic carbocycles. The topological polar surface area (TPSA) is 64.9 Å². The first-order valence-corrected chi connectivity index (χ1v) is 5.82. The monoisotopic (exact) mass is 247 g/mol. The van der Waals surface area contributed by atoms with Crippen molar-refractivity contribution < 1.29 is 4.74 Å². The van der Waals surface area contributed by atoms with E-state index in [1.165, 1.54) is 6.33 Å². The van der Waals surface area contributed by atoms with E-state index in [-0.39, 0.29) is 0 Å². The van der Waals surface area contributed by atoms with Crippen molar-refractivity contribution in [1.29, 1.82) is 0 Å². The molecule has 0 aliphatic rings. The molecule has 2 heterocycles. The Balaban J connectivity index is 2.57. The Kier molecular flexibility index (Phi) is 3.45. The lowest BCUT2D eigenvalue weighted by molar-refractivity contribution is 0.410. The van der Waals surface area contributed by atoms with Gasteiger partial charge >= 0.3 is 0 Å². The molecule has 0 saturated carbocycles. The van der Waals surface area contributed by atoms with Crippen molar-refractivity contribution in [3.63, 3.8) is 0 Å². The van der Waals surface area contributed by atoms with E-state index < -0.39 is 0 Å². The van der Waals surface area contributed by atoms with E-state index in [0.29, 0.717) is 17.4 Å². The lowest BCUT2D eigenvalue weighted by atomic mass is 10.3. The molecule has 2 rings (SSSR count). The standard InChI is InChI=1S/C12H17N5O/c1-5-13-11-10(18-4)12(15-6-14-11)17-7-16-8(2)9(17)3/h6-7H,5H2,1-4H3,(H,13,14,15). The first-order chi connectivity index (χ1) is 8.69. The average molecular weight is 247 g/mol. The van der Waals surface area contributed by atoms with Crippen LogP contribution in [0.1, 0.15) is 18.3 Å². The highest BCUT2D eigenvalue weighted by atomic mass is 16.5. The fraction of sp³-hybridized carbons (Fsp3) is 0.417. The Hall–Kier alpha value is -2.11. The van der Waals surface area contributed by atoms with Gasteiger partial charge in [0.1, 0.15) is 12.7 Å². The largest absolute Gasteiger partial charge is 0.490 e. The molecule has 0 aliphatic heterocycles. The molecule has 18 heavy (non-hydrogen) atoms. The number of rotatable bonds is 4. The summed E-state index contributed by atoms with van der Waals surface area (Å²) in [7, 11) is 1.61. The molecule has 2 aromatic heterocycles. The van der Waals surface area contributed by atoms with Crippen LogP contribution in [0.2, 0.25) is 0 Å². The molecule has 0 radical (unpaired) electrons. The molecule has 96 valence electrons. The summed E-state index contributed by atoms with van der Waals surface area (Å²) in [5.74, 6) is 2.01. The Labute approximate surface area is 106 Å². The molecule has 0 aromatic carbocycles. The second-order valence-electron chi connectivity index (χ2n) is 3.89. The lowest BCUT2D eigenvalue weighted by Crippen LogP contribution is -2.08. The summed E-state index contributed by atoms with van der Waals surface area (Å²) in [5.41, 5.74) is 2.01. The summed E-state index contributed by atoms with van der Waals surface area (Å²) in [6.07, 6.45) is 3.26. The number of aromatic nitrogens is 4. The molecule has 0 bridgehead atoms. The number of ether oxygens (including phenoxy) is 1. The van der Waals surface area contributed by atoms with Crippen LogP contribution in [0.3, 0.4) is 0 Å². The van der Waals surface area contributed by atoms with Crippen LogP contribution < -0.4 is 10.1 Å². The van der Waals surface area contributed by atoms with Crippen molar-refractivity contribution in [2.75, 3.05) is 19.0 Å². The maximum Gasteiger partial charge on any atom is 0.205 e. The number of methoxy groups -OCH3 is 1. The number of hydrogen-bond acceptors (Lipinski definition) is 5. The first-order valence-electron chi connectivity index (χ1n) is 5.82. The molecule has 0 amide bonds. The highest BCUT2D eigenvalue weighted by Crippen LogP contribution is 2.28. The van der Waals surface area contributed by atoms with Crippen molar-refractivity contribution in [1.82, 2.24) is 19.5 Å². The molecule has 2 aromatic rings. The number of hydrogen-bond donors (Lipinski definition) is 1. The van der Waals surface area contributed by atoms with Gasteiger partial charge in [0.15, 0.2) is 11.6 Å². The van der Waals surface area contributed by atoms with E-state index in [2.05, 4.69) is 20.3 Å². The van der Waals surface area contributed by atoms with E-state index in [1.54, 1.807) is 13.4 Å². The predicted octanol–water partition coefficient (Wildman–Crippen LogP) is 1.72. The van der Waals surface area contributed by atoms with Crippen LogP contribution >= 0.6 is 0 Å². The molecular weight excluding hydrogens is 230 g/mol. The first kappa shape index (κ1) is 12.3. The molecule has 0 spiro atoms. The Morgan fingerprint density at radius 3 is 2.61 bits per heavy atom. The molecular formula is C12H17N5O. The Bertz CT molecular complexity index is 549. The summed E-state index contributed by atoms with van der Waals surface area (Å²) in [4.78, 5) is 12.7. The second-order valence-corrected chi connectivity index (χ2v) is 3.89. The van der Waals surface area contributed by atoms with Gasteiger partial charge in [-0.3, -0.25) is 4.57 Å². The van der Waals surface area contributed by atoms with Gasteiger partial charge in [0.25, 0.3) is 0 Å². The van der Waals surface area contributed by atoms with Gasteiger partial charge in [-0.25, -0.2) is 15.0 Å². The van der Waals surface area contributed by atoms with Gasteiger partial charge in [-0.2, -0.15) is 0 Å². The minimum Gasteiger partial charge on any atom is -0.490 e. The van der Waals surface area contributed by atoms with Crippen LogP contribution in [0.4, 0.5) is 5.82 Å². The molecule has 1 N–H and O–H groups in total. The van der Waals surface area contributed by atoms with E-state index in [9.17, 15) is 0 Å². The molecule has 0 fully saturated rings. The van der Waals surface area contributed by atoms with Gasteiger partial charge < -0.3 is 10.1 Å². The fourth-order valence-corrected chi connectivity index (χ4v) is 1.73. The minimum absolute atomic E-state index is 0.625. The smallest absolute Gasteiger partial charge is 0.205 e. The van der Waals surface area contributed by atoms with E-state index >= 15 is 0 Å². The number of nitrogens with one attached hydrogen (secondary N) is 1. The number of anilines is 1.